The summed E-state index contributed by atoms with van der Waals surface area (Å²) in [5.41, 5.74) is 6.10. The highest BCUT2D eigenvalue weighted by Gasteiger charge is 2.17. The van der Waals surface area contributed by atoms with Gasteiger partial charge in [0.25, 0.3) is 5.56 Å². The first kappa shape index (κ1) is 25.8. The number of H-pyrrole nitrogens is 1. The third kappa shape index (κ3) is 5.43. The van der Waals surface area contributed by atoms with Crippen molar-refractivity contribution in [2.75, 3.05) is 7.11 Å². The van der Waals surface area contributed by atoms with E-state index in [9.17, 15) is 9.59 Å². The molecule has 1 N–H and O–H groups in total. The second-order valence-electron chi connectivity index (χ2n) is 9.32. The standard InChI is InChI=1S/C30H29N5O4/c1-4-5-8-22-15-19(2)35(29-31-17-23(38-3)18-32-29)28(36)26(22)16-20-11-13-21(14-12-20)24-9-6-7-10-25(24)27-33-30(37)39-34-27/h6-7,9-15,17-18H,4-5,8,16H2,1-3H3,(H,33,34,37). The average molecular weight is 524 g/mol. The number of aryl methyl sites for hydroxylation is 2. The molecule has 5 rings (SSSR count). The summed E-state index contributed by atoms with van der Waals surface area (Å²) in [6.07, 6.45) is 6.46. The predicted molar refractivity (Wildman–Crippen MR) is 148 cm³/mol. The molecule has 0 atom stereocenters. The molecule has 9 heteroatoms. The number of unbranched alkanes of at least 4 members (excludes halogenated alkanes) is 1. The quantitative estimate of drug-likeness (QED) is 0.292. The van der Waals surface area contributed by atoms with E-state index < -0.39 is 5.76 Å². The Bertz CT molecular complexity index is 1700. The van der Waals surface area contributed by atoms with Crippen molar-refractivity contribution in [3.05, 3.63) is 110 Å². The Morgan fingerprint density at radius 3 is 2.36 bits per heavy atom. The molecule has 39 heavy (non-hydrogen) atoms. The van der Waals surface area contributed by atoms with Crippen molar-refractivity contribution in [1.82, 2.24) is 24.7 Å². The molecule has 0 aliphatic heterocycles. The summed E-state index contributed by atoms with van der Waals surface area (Å²) in [4.78, 5) is 36.6. The molecule has 198 valence electrons. The highest BCUT2D eigenvalue weighted by molar-refractivity contribution is 5.80. The molecular weight excluding hydrogens is 494 g/mol. The first-order valence-electron chi connectivity index (χ1n) is 12.8. The van der Waals surface area contributed by atoms with Gasteiger partial charge in [0.1, 0.15) is 0 Å². The van der Waals surface area contributed by atoms with Gasteiger partial charge < -0.3 is 4.74 Å². The number of hydrogen-bond acceptors (Lipinski definition) is 7. The Labute approximate surface area is 225 Å². The van der Waals surface area contributed by atoms with Crippen LogP contribution in [0.1, 0.15) is 42.1 Å². The van der Waals surface area contributed by atoms with Crippen LogP contribution in [0.2, 0.25) is 0 Å². The van der Waals surface area contributed by atoms with E-state index in [4.69, 9.17) is 9.26 Å². The van der Waals surface area contributed by atoms with Crippen LogP contribution in [0.15, 0.2) is 81.1 Å². The van der Waals surface area contributed by atoms with Gasteiger partial charge in [-0.15, -0.1) is 0 Å². The molecule has 0 aliphatic carbocycles. The van der Waals surface area contributed by atoms with Gasteiger partial charge >= 0.3 is 5.76 Å². The van der Waals surface area contributed by atoms with E-state index in [0.717, 1.165) is 58.3 Å². The van der Waals surface area contributed by atoms with Crippen LogP contribution in [0, 0.1) is 6.92 Å². The minimum Gasteiger partial charge on any atom is -0.494 e. The Morgan fingerprint density at radius 2 is 1.72 bits per heavy atom. The lowest BCUT2D eigenvalue weighted by atomic mass is 9.94. The number of benzene rings is 2. The maximum absolute atomic E-state index is 13.8. The van der Waals surface area contributed by atoms with Gasteiger partial charge in [0, 0.05) is 23.2 Å². The molecule has 0 radical (unpaired) electrons. The number of pyridine rings is 1. The normalized spacial score (nSPS) is 11.1. The second kappa shape index (κ2) is 11.3. The molecule has 3 aromatic heterocycles. The summed E-state index contributed by atoms with van der Waals surface area (Å²) >= 11 is 0. The maximum atomic E-state index is 13.8. The number of hydrogen-bond donors (Lipinski definition) is 1. The van der Waals surface area contributed by atoms with E-state index in [0.29, 0.717) is 23.9 Å². The van der Waals surface area contributed by atoms with Crippen LogP contribution in [-0.4, -0.2) is 31.8 Å². The van der Waals surface area contributed by atoms with Gasteiger partial charge in [-0.05, 0) is 48.1 Å². The topological polar surface area (TPSA) is 116 Å². The molecule has 0 unspecified atom stereocenters. The van der Waals surface area contributed by atoms with E-state index in [1.807, 2.05) is 55.5 Å². The number of rotatable bonds is 9. The van der Waals surface area contributed by atoms with Gasteiger partial charge in [0.15, 0.2) is 11.6 Å². The molecule has 2 aromatic carbocycles. The van der Waals surface area contributed by atoms with E-state index in [-0.39, 0.29) is 5.56 Å². The van der Waals surface area contributed by atoms with E-state index in [1.165, 1.54) is 0 Å². The lowest BCUT2D eigenvalue weighted by molar-refractivity contribution is 0.388. The fraction of sp³-hybridized carbons (Fsp3) is 0.233. The summed E-state index contributed by atoms with van der Waals surface area (Å²) in [7, 11) is 1.55. The Hall–Kier alpha value is -4.79. The lowest BCUT2D eigenvalue weighted by Gasteiger charge is -2.16. The molecule has 0 fully saturated rings. The molecule has 5 aromatic rings. The van der Waals surface area contributed by atoms with Crippen LogP contribution in [0.5, 0.6) is 5.75 Å². The van der Waals surface area contributed by atoms with Crippen molar-refractivity contribution in [3.63, 3.8) is 0 Å². The van der Waals surface area contributed by atoms with E-state index >= 15 is 0 Å². The molecule has 0 amide bonds. The maximum Gasteiger partial charge on any atom is 0.439 e. The fourth-order valence-electron chi connectivity index (χ4n) is 4.69. The van der Waals surface area contributed by atoms with Crippen molar-refractivity contribution < 1.29 is 9.26 Å². The van der Waals surface area contributed by atoms with Crippen LogP contribution in [0.3, 0.4) is 0 Å². The molecule has 0 bridgehead atoms. The number of aromatic amines is 1. The van der Waals surface area contributed by atoms with Crippen LogP contribution in [-0.2, 0) is 12.8 Å². The van der Waals surface area contributed by atoms with Gasteiger partial charge in [-0.1, -0.05) is 67.0 Å². The van der Waals surface area contributed by atoms with Gasteiger partial charge in [0.2, 0.25) is 5.95 Å². The van der Waals surface area contributed by atoms with Gasteiger partial charge in [-0.2, -0.15) is 0 Å². The van der Waals surface area contributed by atoms with Crippen molar-refractivity contribution in [2.24, 2.45) is 0 Å². The van der Waals surface area contributed by atoms with Crippen LogP contribution >= 0.6 is 0 Å². The van der Waals surface area contributed by atoms with Crippen LogP contribution in [0.25, 0.3) is 28.5 Å². The average Bonchev–Trinajstić information content (AvgIpc) is 3.40. The third-order valence-corrected chi connectivity index (χ3v) is 6.70. The van der Waals surface area contributed by atoms with Crippen LogP contribution in [0.4, 0.5) is 0 Å². The summed E-state index contributed by atoms with van der Waals surface area (Å²) in [6, 6.07) is 17.8. The molecule has 0 aliphatic rings. The van der Waals surface area contributed by atoms with Crippen molar-refractivity contribution in [2.45, 2.75) is 39.5 Å². The zero-order valence-electron chi connectivity index (χ0n) is 22.1. The molecule has 3 heterocycles. The third-order valence-electron chi connectivity index (χ3n) is 6.70. The summed E-state index contributed by atoms with van der Waals surface area (Å²) in [5.74, 6) is 0.624. The second-order valence-corrected chi connectivity index (χ2v) is 9.32. The number of nitrogens with one attached hydrogen (secondary N) is 1. The number of methoxy groups -OCH3 is 1. The minimum atomic E-state index is -0.599. The SMILES string of the molecule is CCCCc1cc(C)n(-c2ncc(OC)cn2)c(=O)c1Cc1ccc(-c2ccccc2-c2noc(=O)[nH]2)cc1. The van der Waals surface area contributed by atoms with Gasteiger partial charge in [-0.3, -0.25) is 14.3 Å². The molecule has 0 spiro atoms. The summed E-state index contributed by atoms with van der Waals surface area (Å²) in [5, 5.41) is 3.84. The minimum absolute atomic E-state index is 0.115. The molecular formula is C30H29N5O4. The van der Waals surface area contributed by atoms with E-state index in [2.05, 4.69) is 33.1 Å². The fourth-order valence-corrected chi connectivity index (χ4v) is 4.69. The number of aromatic nitrogens is 5. The predicted octanol–water partition coefficient (Wildman–Crippen LogP) is 4.89. The van der Waals surface area contributed by atoms with Crippen molar-refractivity contribution in [3.8, 4) is 34.2 Å². The van der Waals surface area contributed by atoms with E-state index in [1.54, 1.807) is 24.1 Å². The van der Waals surface area contributed by atoms with Crippen molar-refractivity contribution >= 4 is 0 Å². The molecule has 0 saturated heterocycles. The first-order valence-corrected chi connectivity index (χ1v) is 12.8. The first-order chi connectivity index (χ1) is 19.0. The Kier molecular flexibility index (Phi) is 7.49. The van der Waals surface area contributed by atoms with Gasteiger partial charge in [-0.25, -0.2) is 19.3 Å². The Balaban J connectivity index is 1.51. The Morgan fingerprint density at radius 1 is 1.00 bits per heavy atom. The monoisotopic (exact) mass is 523 g/mol. The lowest BCUT2D eigenvalue weighted by Crippen LogP contribution is -2.27. The largest absolute Gasteiger partial charge is 0.494 e. The molecule has 0 saturated carbocycles. The summed E-state index contributed by atoms with van der Waals surface area (Å²) in [6.45, 7) is 4.05. The zero-order valence-corrected chi connectivity index (χ0v) is 22.1. The van der Waals surface area contributed by atoms with Crippen molar-refractivity contribution in [1.29, 1.82) is 0 Å². The van der Waals surface area contributed by atoms with Crippen LogP contribution < -0.4 is 16.1 Å². The molecule has 9 nitrogen and oxygen atoms in total. The summed E-state index contributed by atoms with van der Waals surface area (Å²) < 4.78 is 11.4. The smallest absolute Gasteiger partial charge is 0.439 e. The number of ether oxygens (including phenoxy) is 1. The highest BCUT2D eigenvalue weighted by atomic mass is 16.5. The number of nitrogens with zero attached hydrogens (tertiary/aromatic N) is 4. The zero-order chi connectivity index (χ0) is 27.4. The van der Waals surface area contributed by atoms with Gasteiger partial charge in [0.05, 0.1) is 19.5 Å². The highest BCUT2D eigenvalue weighted by Crippen LogP contribution is 2.30.